The molecule has 1 aromatic heterocycles. The van der Waals surface area contributed by atoms with Gasteiger partial charge in [-0.05, 0) is 127 Å². The molecule has 132 heavy (non-hydrogen) atoms. The number of rotatable bonds is 28. The summed E-state index contributed by atoms with van der Waals surface area (Å²) in [7, 11) is 0. The predicted octanol–water partition coefficient (Wildman–Crippen LogP) is -5.31. The molecule has 30 N–H and O–H groups in total. The van der Waals surface area contributed by atoms with Crippen LogP contribution < -0.4 is 108 Å². The highest BCUT2D eigenvalue weighted by Crippen LogP contribution is 2.20. The Balaban J connectivity index is 1.47. The van der Waals surface area contributed by atoms with Gasteiger partial charge in [0.2, 0.25) is 106 Å². The van der Waals surface area contributed by atoms with Gasteiger partial charge in [-0.25, -0.2) is 4.98 Å². The number of amides is 18. The number of phenolic OH excluding ortho intramolecular Hbond substituents is 4. The van der Waals surface area contributed by atoms with Crippen LogP contribution in [0.4, 0.5) is 0 Å². The Hall–Kier alpha value is -14.6. The molecule has 0 radical (unpaired) electrons. The number of hydrogen-bond donors (Lipinski definition) is 26. The molecule has 18 amide bonds. The number of benzene rings is 4. The summed E-state index contributed by atoms with van der Waals surface area (Å²) >= 11 is 0.709. The van der Waals surface area contributed by atoms with Crippen molar-refractivity contribution in [3.63, 3.8) is 0 Å². The van der Waals surface area contributed by atoms with E-state index in [0.717, 1.165) is 0 Å². The fraction of sp³-hybridized carbons (Fsp3) is 0.465. The molecule has 0 aliphatic carbocycles. The molecule has 2 heterocycles. The van der Waals surface area contributed by atoms with Crippen molar-refractivity contribution in [2.24, 2.45) is 40.7 Å². The van der Waals surface area contributed by atoms with Gasteiger partial charge in [-0.1, -0.05) is 90.1 Å². The quantitative estimate of drug-likeness (QED) is 0.0126. The third-order valence-corrected chi connectivity index (χ3v) is 21.2. The highest BCUT2D eigenvalue weighted by atomic mass is 32.2. The lowest BCUT2D eigenvalue weighted by atomic mass is 9.98. The van der Waals surface area contributed by atoms with Crippen molar-refractivity contribution in [1.29, 1.82) is 5.41 Å². The van der Waals surface area contributed by atoms with E-state index in [9.17, 15) is 82.8 Å². The van der Waals surface area contributed by atoms with Crippen molar-refractivity contribution in [2.75, 3.05) is 37.7 Å². The molecule has 716 valence electrons. The van der Waals surface area contributed by atoms with Crippen molar-refractivity contribution >= 4 is 124 Å². The number of H-pyrrole nitrogens is 1. The van der Waals surface area contributed by atoms with Crippen LogP contribution in [0.2, 0.25) is 0 Å². The summed E-state index contributed by atoms with van der Waals surface area (Å²) in [5.74, 6) is -22.2. The first-order chi connectivity index (χ1) is 62.4. The fourth-order valence-electron chi connectivity index (χ4n) is 13.5. The number of nitrogens with two attached hydrogens (primary N) is 4. The van der Waals surface area contributed by atoms with Crippen molar-refractivity contribution in [3.05, 3.63) is 138 Å². The number of guanidine groups is 1. The molecular formula is C86H119N23O22S. The maximum atomic E-state index is 15.4. The van der Waals surface area contributed by atoms with Crippen molar-refractivity contribution in [3.8, 4) is 23.0 Å². The normalized spacial score (nSPS) is 22.0. The zero-order valence-electron chi connectivity index (χ0n) is 73.8. The minimum atomic E-state index is -1.84. The number of aromatic hydroxyl groups is 4. The summed E-state index contributed by atoms with van der Waals surface area (Å²) in [6.07, 6.45) is -2.06. The molecule has 0 saturated carbocycles. The Morgan fingerprint density at radius 1 is 0.402 bits per heavy atom. The summed E-state index contributed by atoms with van der Waals surface area (Å²) < 4.78 is 0. The Kier molecular flexibility index (Phi) is 42.9. The van der Waals surface area contributed by atoms with Crippen LogP contribution in [0.1, 0.15) is 121 Å². The summed E-state index contributed by atoms with van der Waals surface area (Å²) in [4.78, 5) is 263. The number of aromatic amines is 1. The first kappa shape index (κ1) is 106. The lowest BCUT2D eigenvalue weighted by molar-refractivity contribution is -0.136. The summed E-state index contributed by atoms with van der Waals surface area (Å²) in [5.41, 5.74) is 23.6. The van der Waals surface area contributed by atoms with Crippen molar-refractivity contribution in [2.45, 2.75) is 198 Å². The number of nitrogens with zero attached hydrogens (tertiary/aromatic N) is 1. The van der Waals surface area contributed by atoms with Crippen molar-refractivity contribution < 1.29 is 107 Å². The predicted molar refractivity (Wildman–Crippen MR) is 478 cm³/mol. The highest BCUT2D eigenvalue weighted by molar-refractivity contribution is 8.00. The number of phenols is 4. The third-order valence-electron chi connectivity index (χ3n) is 20.1. The fourth-order valence-corrected chi connectivity index (χ4v) is 14.4. The van der Waals surface area contributed by atoms with E-state index in [1.807, 2.05) is 0 Å². The molecule has 12 atom stereocenters. The molecule has 0 unspecified atom stereocenters. The summed E-state index contributed by atoms with van der Waals surface area (Å²) in [6, 6.07) is 1.69. The second-order valence-electron chi connectivity index (χ2n) is 32.8. The van der Waals surface area contributed by atoms with Gasteiger partial charge >= 0.3 is 0 Å². The van der Waals surface area contributed by atoms with Gasteiger partial charge in [0.1, 0.15) is 95.5 Å². The average Bonchev–Trinajstić information content (AvgIpc) is 1.05. The third kappa shape index (κ3) is 38.7. The van der Waals surface area contributed by atoms with Gasteiger partial charge in [0, 0.05) is 57.0 Å². The SMILES string of the molecule is CC(C)C[C@@H]1NC(=O)[C@H](CC(N)=O)NC(=O)CNC(=O)[C@H](Cc2ccc(O)cc2)NC(=O)[C@H](CC(C)C)NC(=O)[C@H](CC(C)C)NC(=O)[C@H](CCCNC(=N)N)NC(=O)[C@H](Cc2ccc(O)cc2)NC(=O)[C@H](Cc2ccc(O)cc2)NC(=O)[C@H](CCC(N)=O)NC(=O)[C@H](Cc2c[nH]cn2)NC(=O)[C@H](Cc2ccc(O)cc2)NC(=O)CSC[C@@H](C(=O)NCC(N)=O)NC(=O)CNC1=O. The van der Waals surface area contributed by atoms with E-state index in [-0.39, 0.29) is 97.6 Å². The van der Waals surface area contributed by atoms with Gasteiger partial charge < -0.3 is 133 Å². The monoisotopic (exact) mass is 1860 g/mol. The minimum Gasteiger partial charge on any atom is -0.508 e. The molecule has 45 nitrogen and oxygen atoms in total. The topological polar surface area (TPSA) is 737 Å². The van der Waals surface area contributed by atoms with E-state index in [0.29, 0.717) is 28.5 Å². The Morgan fingerprint density at radius 3 is 1.11 bits per heavy atom. The Morgan fingerprint density at radius 2 is 0.735 bits per heavy atom. The molecule has 1 aliphatic rings. The largest absolute Gasteiger partial charge is 0.508 e. The van der Waals surface area contributed by atoms with Crippen LogP contribution in [-0.4, -0.2) is 253 Å². The zero-order chi connectivity index (χ0) is 97.4. The molecule has 4 aromatic carbocycles. The number of thioether (sulfide) groups is 1. The number of hydrogen-bond acceptors (Lipinski definition) is 25. The lowest BCUT2D eigenvalue weighted by Crippen LogP contribution is -2.61. The van der Waals surface area contributed by atoms with E-state index >= 15 is 24.0 Å². The molecular weight excluding hydrogens is 1740 g/mol. The van der Waals surface area contributed by atoms with Gasteiger partial charge in [-0.15, -0.1) is 11.8 Å². The standard InChI is InChI=1S/C86H119N23O22S/c1-44(2)28-58-74(120)95-40-72(118)100-67(76(122)94-38-70(89)116)41-132-42-73(119)99-62(32-48-11-19-53(111)20-12-48)81(127)109-65(35-51-37-92-43-97-51)84(130)102-57(25-26-68(87)114)78(124)107-64(34-50-15-23-55(113)24-16-50)83(129)108-63(33-49-13-21-54(112)22-14-49)82(128)101-56(8-7-27-93-86(90)91)77(123)104-59(29-45(3)4)79(125)105-60(30-46(5)6)80(126)106-61(31-47-9-17-52(110)18-10-47)75(121)96-39-71(117)98-66(36-69(88)115)85(131)103-58/h9-24,37,43-46,56-67,110-113H,7-8,25-36,38-42H2,1-6H3,(H2,87,114)(H2,88,115)(H2,89,116)(H,92,97)(H,94,122)(H,95,120)(H,96,121)(H,98,117)(H,99,119)(H,100,118)(H,101,128)(H,102,130)(H,103,131)(H,104,123)(H,105,125)(H,106,126)(H,107,124)(H,108,129)(H,109,127)(H4,90,91,93)/t56-,57-,58-,59-,60-,61-,62-,63-,64-,65-,66-,67-/m0/s1. The van der Waals surface area contributed by atoms with E-state index in [1.54, 1.807) is 41.5 Å². The Bertz CT molecular complexity index is 4830. The van der Waals surface area contributed by atoms with Crippen LogP contribution in [0, 0.1) is 23.2 Å². The van der Waals surface area contributed by atoms with Crippen LogP contribution in [0.25, 0.3) is 0 Å². The molecule has 1 fully saturated rings. The molecule has 0 spiro atoms. The molecule has 6 rings (SSSR count). The smallest absolute Gasteiger partial charge is 0.243 e. The minimum absolute atomic E-state index is 0.0107. The first-order valence-corrected chi connectivity index (χ1v) is 43.7. The number of carbonyl (C=O) groups is 18. The molecule has 46 heteroatoms. The second kappa shape index (κ2) is 53.4. The van der Waals surface area contributed by atoms with E-state index in [2.05, 4.69) is 95.0 Å². The first-order valence-electron chi connectivity index (χ1n) is 42.5. The van der Waals surface area contributed by atoms with Gasteiger partial charge in [0.25, 0.3) is 0 Å². The van der Waals surface area contributed by atoms with Gasteiger partial charge in [0.15, 0.2) is 5.96 Å². The summed E-state index contributed by atoms with van der Waals surface area (Å²) in [6.45, 7) is 7.54. The van der Waals surface area contributed by atoms with Crippen LogP contribution in [0.15, 0.2) is 110 Å². The van der Waals surface area contributed by atoms with Crippen LogP contribution in [-0.2, 0) is 118 Å². The van der Waals surface area contributed by atoms with E-state index < -0.39 is 260 Å². The number of carbonyl (C=O) groups excluding carboxylic acids is 18. The van der Waals surface area contributed by atoms with Crippen LogP contribution in [0.3, 0.4) is 0 Å². The second-order valence-corrected chi connectivity index (χ2v) is 33.9. The zero-order valence-corrected chi connectivity index (χ0v) is 74.6. The Labute approximate surface area is 764 Å². The molecule has 0 bridgehead atoms. The highest BCUT2D eigenvalue weighted by Gasteiger charge is 2.39. The van der Waals surface area contributed by atoms with E-state index in [1.165, 1.54) is 110 Å². The van der Waals surface area contributed by atoms with Crippen LogP contribution in [0.5, 0.6) is 23.0 Å². The maximum absolute atomic E-state index is 15.4. The van der Waals surface area contributed by atoms with Gasteiger partial charge in [-0.3, -0.25) is 91.7 Å². The number of aromatic nitrogens is 2. The number of imidazole rings is 1. The molecule has 1 aliphatic heterocycles. The number of nitrogens with one attached hydrogen (secondary N) is 18. The molecule has 5 aromatic rings. The van der Waals surface area contributed by atoms with Crippen LogP contribution >= 0.6 is 11.8 Å². The van der Waals surface area contributed by atoms with E-state index in [4.69, 9.17) is 28.3 Å². The average molecular weight is 1860 g/mol. The lowest BCUT2D eigenvalue weighted by Gasteiger charge is -2.29. The molecule has 1 saturated heterocycles. The van der Waals surface area contributed by atoms with Gasteiger partial charge in [0.05, 0.1) is 43.8 Å². The summed E-state index contributed by atoms with van der Waals surface area (Å²) in [5, 5.41) is 89.4. The van der Waals surface area contributed by atoms with Gasteiger partial charge in [-0.2, -0.15) is 0 Å². The van der Waals surface area contributed by atoms with Crippen molar-refractivity contribution in [1.82, 2.24) is 95.0 Å². The number of primary amides is 3. The maximum Gasteiger partial charge on any atom is 0.243 e.